The monoisotopic (exact) mass is 260 g/mol. The van der Waals surface area contributed by atoms with Crippen molar-refractivity contribution in [1.29, 1.82) is 0 Å². The number of ether oxygens (including phenoxy) is 3. The molecule has 0 aromatic heterocycles. The lowest BCUT2D eigenvalue weighted by Gasteiger charge is -2.47. The molecule has 1 aliphatic rings. The fraction of sp³-hybridized carbons (Fsp3) is 1.00. The molecule has 108 valence electrons. The van der Waals surface area contributed by atoms with Crippen LogP contribution in [0.2, 0.25) is 0 Å². The Labute approximate surface area is 111 Å². The molecule has 5 nitrogen and oxygen atoms in total. The number of hydrogen-bond acceptors (Lipinski definition) is 5. The normalized spacial score (nSPS) is 29.5. The van der Waals surface area contributed by atoms with Gasteiger partial charge in [0.25, 0.3) is 0 Å². The Morgan fingerprint density at radius 2 is 1.78 bits per heavy atom. The van der Waals surface area contributed by atoms with E-state index < -0.39 is 0 Å². The minimum atomic E-state index is -0.216. The molecule has 0 aromatic rings. The summed E-state index contributed by atoms with van der Waals surface area (Å²) in [5, 5.41) is 0. The van der Waals surface area contributed by atoms with Crippen LogP contribution in [0.5, 0.6) is 0 Å². The number of morpholine rings is 1. The molecule has 1 fully saturated rings. The summed E-state index contributed by atoms with van der Waals surface area (Å²) in [6, 6.07) is 0. The third-order valence-corrected chi connectivity index (χ3v) is 3.75. The third kappa shape index (κ3) is 3.90. The van der Waals surface area contributed by atoms with Gasteiger partial charge >= 0.3 is 0 Å². The molecule has 0 saturated carbocycles. The van der Waals surface area contributed by atoms with Crippen LogP contribution in [0, 0.1) is 0 Å². The Morgan fingerprint density at radius 3 is 2.17 bits per heavy atom. The largest absolute Gasteiger partial charge is 0.373 e. The van der Waals surface area contributed by atoms with Gasteiger partial charge in [-0.2, -0.15) is 0 Å². The number of nitrogens with two attached hydrogens (primary N) is 1. The average Bonchev–Trinajstić information content (AvgIpc) is 2.34. The molecule has 0 amide bonds. The fourth-order valence-electron chi connectivity index (χ4n) is 2.58. The molecular formula is C13H28N2O3. The highest BCUT2D eigenvalue weighted by Gasteiger charge is 2.37. The van der Waals surface area contributed by atoms with E-state index in [0.29, 0.717) is 6.54 Å². The van der Waals surface area contributed by atoms with Gasteiger partial charge in [0, 0.05) is 45.8 Å². The van der Waals surface area contributed by atoms with Crippen LogP contribution >= 0.6 is 0 Å². The second-order valence-electron chi connectivity index (χ2n) is 5.47. The molecule has 3 atom stereocenters. The Morgan fingerprint density at radius 1 is 1.28 bits per heavy atom. The third-order valence-electron chi connectivity index (χ3n) is 3.75. The molecule has 1 aliphatic heterocycles. The van der Waals surface area contributed by atoms with Crippen molar-refractivity contribution >= 4 is 0 Å². The van der Waals surface area contributed by atoms with Gasteiger partial charge in [0.15, 0.2) is 6.29 Å². The summed E-state index contributed by atoms with van der Waals surface area (Å²) >= 11 is 0. The van der Waals surface area contributed by atoms with Crippen LogP contribution in [-0.2, 0) is 14.2 Å². The summed E-state index contributed by atoms with van der Waals surface area (Å²) in [5.41, 5.74) is 5.87. The van der Waals surface area contributed by atoms with Crippen molar-refractivity contribution in [3.05, 3.63) is 0 Å². The Hall–Kier alpha value is -0.200. The van der Waals surface area contributed by atoms with Gasteiger partial charge in [-0.05, 0) is 20.8 Å². The molecule has 0 spiro atoms. The molecule has 18 heavy (non-hydrogen) atoms. The van der Waals surface area contributed by atoms with Crippen LogP contribution in [0.15, 0.2) is 0 Å². The van der Waals surface area contributed by atoms with E-state index in [4.69, 9.17) is 19.9 Å². The molecule has 0 aliphatic carbocycles. The minimum Gasteiger partial charge on any atom is -0.373 e. The van der Waals surface area contributed by atoms with Crippen LogP contribution in [0.25, 0.3) is 0 Å². The van der Waals surface area contributed by atoms with Gasteiger partial charge in [-0.25, -0.2) is 0 Å². The molecule has 0 aromatic carbocycles. The topological polar surface area (TPSA) is 57.0 Å². The summed E-state index contributed by atoms with van der Waals surface area (Å²) in [6.45, 7) is 8.75. The summed E-state index contributed by atoms with van der Waals surface area (Å²) in [7, 11) is 3.32. The van der Waals surface area contributed by atoms with E-state index in [1.54, 1.807) is 14.2 Å². The lowest BCUT2D eigenvalue weighted by molar-refractivity contribution is -0.148. The highest BCUT2D eigenvalue weighted by Crippen LogP contribution is 2.26. The molecular weight excluding hydrogens is 232 g/mol. The van der Waals surface area contributed by atoms with Crippen molar-refractivity contribution in [3.8, 4) is 0 Å². The van der Waals surface area contributed by atoms with Gasteiger partial charge in [-0.3, -0.25) is 4.90 Å². The first-order valence-electron chi connectivity index (χ1n) is 6.61. The molecule has 5 heteroatoms. The minimum absolute atomic E-state index is 0.122. The van der Waals surface area contributed by atoms with E-state index in [1.807, 2.05) is 0 Å². The molecule has 0 bridgehead atoms. The quantitative estimate of drug-likeness (QED) is 0.717. The number of nitrogens with zero attached hydrogens (tertiary/aromatic N) is 1. The van der Waals surface area contributed by atoms with E-state index >= 15 is 0 Å². The highest BCUT2D eigenvalue weighted by molar-refractivity contribution is 4.92. The molecule has 3 unspecified atom stereocenters. The predicted molar refractivity (Wildman–Crippen MR) is 71.5 cm³/mol. The van der Waals surface area contributed by atoms with E-state index in [2.05, 4.69) is 25.7 Å². The van der Waals surface area contributed by atoms with E-state index in [-0.39, 0.29) is 24.0 Å². The number of rotatable bonds is 6. The van der Waals surface area contributed by atoms with Crippen LogP contribution < -0.4 is 5.73 Å². The summed E-state index contributed by atoms with van der Waals surface area (Å²) in [4.78, 5) is 2.40. The Balaban J connectivity index is 2.72. The summed E-state index contributed by atoms with van der Waals surface area (Å²) in [6.07, 6.45) is 1.02. The van der Waals surface area contributed by atoms with Gasteiger partial charge in [0.05, 0.1) is 12.2 Å². The van der Waals surface area contributed by atoms with E-state index in [1.165, 1.54) is 0 Å². The molecule has 1 saturated heterocycles. The van der Waals surface area contributed by atoms with Crippen LogP contribution in [-0.4, -0.2) is 62.8 Å². The van der Waals surface area contributed by atoms with Crippen LogP contribution in [0.1, 0.15) is 27.2 Å². The second-order valence-corrected chi connectivity index (χ2v) is 5.47. The molecule has 2 N–H and O–H groups in total. The van der Waals surface area contributed by atoms with Gasteiger partial charge in [0.2, 0.25) is 0 Å². The number of methoxy groups -OCH3 is 2. The number of hydrogen-bond donors (Lipinski definition) is 1. The van der Waals surface area contributed by atoms with Crippen molar-refractivity contribution in [2.45, 2.75) is 51.2 Å². The molecule has 1 rings (SSSR count). The van der Waals surface area contributed by atoms with Crippen molar-refractivity contribution < 1.29 is 14.2 Å². The van der Waals surface area contributed by atoms with Crippen molar-refractivity contribution in [2.75, 3.05) is 33.9 Å². The first-order valence-corrected chi connectivity index (χ1v) is 6.61. The second kappa shape index (κ2) is 6.82. The predicted octanol–water partition coefficient (Wildman–Crippen LogP) is 0.822. The van der Waals surface area contributed by atoms with Crippen LogP contribution in [0.4, 0.5) is 0 Å². The Kier molecular flexibility index (Phi) is 6.01. The van der Waals surface area contributed by atoms with Gasteiger partial charge in [-0.15, -0.1) is 0 Å². The van der Waals surface area contributed by atoms with Crippen molar-refractivity contribution in [1.82, 2.24) is 4.90 Å². The smallest absolute Gasteiger partial charge is 0.158 e. The van der Waals surface area contributed by atoms with Crippen molar-refractivity contribution in [2.24, 2.45) is 5.73 Å². The first-order chi connectivity index (χ1) is 8.45. The maximum atomic E-state index is 5.99. The lowest BCUT2D eigenvalue weighted by Crippen LogP contribution is -2.60. The zero-order chi connectivity index (χ0) is 13.8. The highest BCUT2D eigenvalue weighted by atomic mass is 16.7. The zero-order valence-electron chi connectivity index (χ0n) is 12.3. The maximum Gasteiger partial charge on any atom is 0.158 e. The average molecular weight is 260 g/mol. The maximum absolute atomic E-state index is 5.99. The van der Waals surface area contributed by atoms with Crippen molar-refractivity contribution in [3.63, 3.8) is 0 Å². The Bertz CT molecular complexity index is 238. The standard InChI is InChI=1S/C13H28N2O3/c1-10-7-15(8-11(2)18-10)13(3,9-14)6-12(16-4)17-5/h10-12H,6-9,14H2,1-5H3. The SMILES string of the molecule is COC(CC(C)(CN)N1CC(C)OC(C)C1)OC. The van der Waals surface area contributed by atoms with Gasteiger partial charge in [0.1, 0.15) is 0 Å². The molecule has 0 radical (unpaired) electrons. The van der Waals surface area contributed by atoms with E-state index in [9.17, 15) is 0 Å². The summed E-state index contributed by atoms with van der Waals surface area (Å²) in [5.74, 6) is 0. The van der Waals surface area contributed by atoms with Crippen LogP contribution in [0.3, 0.4) is 0 Å². The van der Waals surface area contributed by atoms with Gasteiger partial charge in [-0.1, -0.05) is 0 Å². The zero-order valence-corrected chi connectivity index (χ0v) is 12.3. The fourth-order valence-corrected chi connectivity index (χ4v) is 2.58. The first kappa shape index (κ1) is 15.9. The summed E-state index contributed by atoms with van der Waals surface area (Å²) < 4.78 is 16.4. The lowest BCUT2D eigenvalue weighted by atomic mass is 9.93. The van der Waals surface area contributed by atoms with Gasteiger partial charge < -0.3 is 19.9 Å². The molecule has 1 heterocycles. The van der Waals surface area contributed by atoms with E-state index in [0.717, 1.165) is 19.5 Å².